The first kappa shape index (κ1) is 23.2. The Hall–Kier alpha value is -3.93. The Labute approximate surface area is 197 Å². The molecule has 0 radical (unpaired) electrons. The predicted molar refractivity (Wildman–Crippen MR) is 126 cm³/mol. The number of rotatable bonds is 8. The Balaban J connectivity index is 1.52. The quantitative estimate of drug-likeness (QED) is 0.460. The third-order valence-corrected chi connectivity index (χ3v) is 6.27. The van der Waals surface area contributed by atoms with E-state index in [-0.39, 0.29) is 40.0 Å². The van der Waals surface area contributed by atoms with Crippen LogP contribution >= 0.6 is 0 Å². The Kier molecular flexibility index (Phi) is 6.00. The lowest BCUT2D eigenvalue weighted by atomic mass is 9.97. The lowest BCUT2D eigenvalue weighted by molar-refractivity contribution is -0.117. The van der Waals surface area contributed by atoms with E-state index in [9.17, 15) is 10.1 Å². The molecule has 1 aliphatic rings. The van der Waals surface area contributed by atoms with Crippen molar-refractivity contribution in [2.75, 3.05) is 11.1 Å². The molecule has 3 aromatic rings. The average molecular weight is 463 g/mol. The van der Waals surface area contributed by atoms with E-state index in [0.717, 1.165) is 24.8 Å². The van der Waals surface area contributed by atoms with E-state index in [2.05, 4.69) is 22.2 Å². The van der Waals surface area contributed by atoms with Gasteiger partial charge >= 0.3 is 0 Å². The lowest BCUT2D eigenvalue weighted by Crippen LogP contribution is -2.18. The molecule has 9 heteroatoms. The maximum Gasteiger partial charge on any atom is 0.234 e. The third kappa shape index (κ3) is 4.44. The van der Waals surface area contributed by atoms with Crippen molar-refractivity contribution >= 4 is 17.6 Å². The van der Waals surface area contributed by atoms with E-state index in [1.165, 1.54) is 12.1 Å². The van der Waals surface area contributed by atoms with E-state index < -0.39 is 11.7 Å². The number of hydrogen-bond donors (Lipinski definition) is 2. The maximum absolute atomic E-state index is 15.1. The molecule has 4 rings (SSSR count). The average Bonchev–Trinajstić information content (AvgIpc) is 3.23. The van der Waals surface area contributed by atoms with Gasteiger partial charge in [0.25, 0.3) is 0 Å². The van der Waals surface area contributed by atoms with Crippen molar-refractivity contribution in [3.05, 3.63) is 59.1 Å². The SMILES string of the molecule is C=C(C)CCc1cc(NC(=O)C(C)c2ccc(-c3nn(C4(C)CC4)c(N)c3C#N)c(F)c2)on1. The number of nitriles is 1. The van der Waals surface area contributed by atoms with Crippen LogP contribution in [0.5, 0.6) is 0 Å². The molecule has 1 atom stereocenters. The van der Waals surface area contributed by atoms with Gasteiger partial charge in [-0.2, -0.15) is 10.4 Å². The zero-order valence-corrected chi connectivity index (χ0v) is 19.5. The van der Waals surface area contributed by atoms with Crippen molar-refractivity contribution in [2.45, 2.75) is 57.9 Å². The number of benzene rings is 1. The second-order valence-corrected chi connectivity index (χ2v) is 9.22. The molecule has 1 aromatic carbocycles. The number of nitrogens with two attached hydrogens (primary N) is 1. The van der Waals surface area contributed by atoms with Crippen LogP contribution in [0.1, 0.15) is 62.8 Å². The molecular formula is C25H27FN6O2. The highest BCUT2D eigenvalue weighted by molar-refractivity contribution is 5.94. The molecule has 1 unspecified atom stereocenters. The number of allylic oxidation sites excluding steroid dienone is 1. The Morgan fingerprint density at radius 2 is 2.18 bits per heavy atom. The minimum Gasteiger partial charge on any atom is -0.383 e. The first-order chi connectivity index (χ1) is 16.1. The van der Waals surface area contributed by atoms with E-state index in [4.69, 9.17) is 10.3 Å². The van der Waals surface area contributed by atoms with Crippen molar-refractivity contribution in [3.8, 4) is 17.3 Å². The molecule has 1 amide bonds. The van der Waals surface area contributed by atoms with Gasteiger partial charge in [0.05, 0.1) is 17.2 Å². The monoisotopic (exact) mass is 462 g/mol. The zero-order valence-electron chi connectivity index (χ0n) is 19.5. The number of amides is 1. The molecule has 0 bridgehead atoms. The van der Waals surface area contributed by atoms with Crippen LogP contribution in [0, 0.1) is 17.1 Å². The number of carbonyl (C=O) groups is 1. The molecule has 2 aromatic heterocycles. The molecule has 0 saturated heterocycles. The van der Waals surface area contributed by atoms with Crippen LogP contribution in [0.2, 0.25) is 0 Å². The molecule has 0 aliphatic heterocycles. The van der Waals surface area contributed by atoms with Gasteiger partial charge in [-0.05, 0) is 64.2 Å². The summed E-state index contributed by atoms with van der Waals surface area (Å²) in [6.45, 7) is 9.46. The Bertz CT molecular complexity index is 1310. The van der Waals surface area contributed by atoms with Crippen molar-refractivity contribution < 1.29 is 13.7 Å². The van der Waals surface area contributed by atoms with Crippen LogP contribution < -0.4 is 11.1 Å². The largest absolute Gasteiger partial charge is 0.383 e. The molecule has 1 saturated carbocycles. The van der Waals surface area contributed by atoms with Crippen LogP contribution in [0.3, 0.4) is 0 Å². The van der Waals surface area contributed by atoms with Gasteiger partial charge in [0.15, 0.2) is 0 Å². The van der Waals surface area contributed by atoms with Gasteiger partial charge < -0.3 is 10.3 Å². The van der Waals surface area contributed by atoms with Crippen molar-refractivity contribution in [1.29, 1.82) is 5.26 Å². The standard InChI is InChI=1S/C25H27FN6O2/c1-14(2)5-7-17-12-21(34-31-17)29-24(33)15(3)16-6-8-18(20(26)11-16)22-19(13-27)23(28)32(30-22)25(4)9-10-25/h6,8,11-12,15H,1,5,7,9-10,28H2,2-4H3,(H,29,33). The summed E-state index contributed by atoms with van der Waals surface area (Å²) in [5.41, 5.74) is 8.65. The van der Waals surface area contributed by atoms with E-state index in [1.807, 2.05) is 19.9 Å². The summed E-state index contributed by atoms with van der Waals surface area (Å²) in [5, 5.41) is 20.7. The maximum atomic E-state index is 15.1. The smallest absolute Gasteiger partial charge is 0.234 e. The molecular weight excluding hydrogens is 435 g/mol. The minimum atomic E-state index is -0.657. The Morgan fingerprint density at radius 1 is 1.44 bits per heavy atom. The van der Waals surface area contributed by atoms with Gasteiger partial charge in [0.1, 0.15) is 29.0 Å². The number of nitrogen functional groups attached to an aromatic ring is 1. The highest BCUT2D eigenvalue weighted by Crippen LogP contribution is 2.45. The van der Waals surface area contributed by atoms with Crippen LogP contribution in [0.4, 0.5) is 16.1 Å². The second kappa shape index (κ2) is 8.78. The number of anilines is 2. The van der Waals surface area contributed by atoms with Crippen LogP contribution in [0.25, 0.3) is 11.3 Å². The summed E-state index contributed by atoms with van der Waals surface area (Å²) in [7, 11) is 0. The van der Waals surface area contributed by atoms with Gasteiger partial charge in [0, 0.05) is 11.6 Å². The predicted octanol–water partition coefficient (Wildman–Crippen LogP) is 4.89. The normalized spacial score (nSPS) is 14.9. The first-order valence-electron chi connectivity index (χ1n) is 11.1. The zero-order chi connectivity index (χ0) is 24.6. The first-order valence-corrected chi connectivity index (χ1v) is 11.1. The summed E-state index contributed by atoms with van der Waals surface area (Å²) in [4.78, 5) is 12.7. The topological polar surface area (TPSA) is 123 Å². The molecule has 176 valence electrons. The number of nitrogens with zero attached hydrogens (tertiary/aromatic N) is 4. The van der Waals surface area contributed by atoms with E-state index >= 15 is 4.39 Å². The van der Waals surface area contributed by atoms with Crippen LogP contribution in [-0.2, 0) is 16.8 Å². The Morgan fingerprint density at radius 3 is 2.79 bits per heavy atom. The van der Waals surface area contributed by atoms with Crippen LogP contribution in [-0.4, -0.2) is 20.8 Å². The van der Waals surface area contributed by atoms with Crippen molar-refractivity contribution in [1.82, 2.24) is 14.9 Å². The summed E-state index contributed by atoms with van der Waals surface area (Å²) in [6, 6.07) is 8.18. The molecule has 1 fully saturated rings. The fourth-order valence-corrected chi connectivity index (χ4v) is 3.74. The van der Waals surface area contributed by atoms with Crippen LogP contribution in [0.15, 0.2) is 40.9 Å². The molecule has 2 heterocycles. The fraction of sp³-hybridized carbons (Fsp3) is 0.360. The van der Waals surface area contributed by atoms with E-state index in [0.29, 0.717) is 17.7 Å². The van der Waals surface area contributed by atoms with Gasteiger partial charge in [-0.3, -0.25) is 10.1 Å². The molecule has 3 N–H and O–H groups in total. The van der Waals surface area contributed by atoms with Gasteiger partial charge in [-0.15, -0.1) is 6.58 Å². The minimum absolute atomic E-state index is 0.151. The molecule has 34 heavy (non-hydrogen) atoms. The molecule has 8 nitrogen and oxygen atoms in total. The van der Waals surface area contributed by atoms with Crippen molar-refractivity contribution in [2.24, 2.45) is 0 Å². The third-order valence-electron chi connectivity index (χ3n) is 6.27. The number of carbonyl (C=O) groups excluding carboxylic acids is 1. The lowest BCUT2D eigenvalue weighted by Gasteiger charge is -2.12. The number of aryl methyl sites for hydroxylation is 1. The van der Waals surface area contributed by atoms with Gasteiger partial charge in [-0.1, -0.05) is 16.8 Å². The molecule has 1 aliphatic carbocycles. The summed E-state index contributed by atoms with van der Waals surface area (Å²) in [5.74, 6) is -1.12. The number of aromatic nitrogens is 3. The van der Waals surface area contributed by atoms with Crippen molar-refractivity contribution in [3.63, 3.8) is 0 Å². The number of nitrogens with one attached hydrogen (secondary N) is 1. The summed E-state index contributed by atoms with van der Waals surface area (Å²) >= 11 is 0. The summed E-state index contributed by atoms with van der Waals surface area (Å²) < 4.78 is 21.9. The summed E-state index contributed by atoms with van der Waals surface area (Å²) in [6.07, 6.45) is 3.25. The number of hydrogen-bond acceptors (Lipinski definition) is 6. The van der Waals surface area contributed by atoms with E-state index in [1.54, 1.807) is 23.7 Å². The second-order valence-electron chi connectivity index (χ2n) is 9.22. The molecule has 0 spiro atoms. The van der Waals surface area contributed by atoms with Gasteiger partial charge in [0.2, 0.25) is 11.8 Å². The van der Waals surface area contributed by atoms with Gasteiger partial charge in [-0.25, -0.2) is 9.07 Å². The highest BCUT2D eigenvalue weighted by Gasteiger charge is 2.43. The fourth-order valence-electron chi connectivity index (χ4n) is 3.74. The number of halogens is 1. The highest BCUT2D eigenvalue weighted by atomic mass is 19.1.